The Hall–Kier alpha value is -2.56. The van der Waals surface area contributed by atoms with Gasteiger partial charge >= 0.3 is 0 Å². The van der Waals surface area contributed by atoms with Crippen LogP contribution in [0.25, 0.3) is 22.5 Å². The molecule has 3 rings (SSSR count). The molecule has 2 aromatic heterocycles. The van der Waals surface area contributed by atoms with Crippen LogP contribution in [-0.4, -0.2) is 15.1 Å². The topological polar surface area (TPSA) is 51.8 Å². The second-order valence-corrected chi connectivity index (χ2v) is 3.69. The van der Waals surface area contributed by atoms with E-state index in [1.165, 1.54) is 12.5 Å². The van der Waals surface area contributed by atoms with Crippen LogP contribution in [0.2, 0.25) is 0 Å². The van der Waals surface area contributed by atoms with Crippen LogP contribution in [0.3, 0.4) is 0 Å². The fraction of sp³-hybridized carbons (Fsp3) is 0. The predicted molar refractivity (Wildman–Crippen MR) is 62.9 cm³/mol. The van der Waals surface area contributed by atoms with Gasteiger partial charge in [0.25, 0.3) is 0 Å². The van der Waals surface area contributed by atoms with E-state index in [0.717, 1.165) is 11.1 Å². The first-order valence-electron chi connectivity index (χ1n) is 5.31. The van der Waals surface area contributed by atoms with Crippen molar-refractivity contribution < 1.29 is 8.91 Å². The maximum Gasteiger partial charge on any atom is 0.214 e. The Labute approximate surface area is 102 Å². The highest BCUT2D eigenvalue weighted by Gasteiger charge is 2.11. The molecule has 0 unspecified atom stereocenters. The maximum absolute atomic E-state index is 13.7. The Bertz CT molecular complexity index is 653. The fourth-order valence-corrected chi connectivity index (χ4v) is 1.71. The lowest BCUT2D eigenvalue weighted by Gasteiger charge is -2.04. The van der Waals surface area contributed by atoms with Crippen LogP contribution in [0.5, 0.6) is 0 Å². The second kappa shape index (κ2) is 4.37. The van der Waals surface area contributed by atoms with Crippen LogP contribution in [0.1, 0.15) is 0 Å². The third kappa shape index (κ3) is 1.86. The zero-order chi connectivity index (χ0) is 12.4. The minimum absolute atomic E-state index is 0.239. The van der Waals surface area contributed by atoms with Crippen molar-refractivity contribution in [3.63, 3.8) is 0 Å². The highest BCUT2D eigenvalue weighted by atomic mass is 19.1. The molecule has 0 amide bonds. The van der Waals surface area contributed by atoms with E-state index in [0.29, 0.717) is 5.56 Å². The Morgan fingerprint density at radius 3 is 2.56 bits per heavy atom. The van der Waals surface area contributed by atoms with Crippen molar-refractivity contribution in [1.82, 2.24) is 15.1 Å². The zero-order valence-electron chi connectivity index (χ0n) is 9.25. The molecule has 0 bridgehead atoms. The van der Waals surface area contributed by atoms with E-state index in [4.69, 9.17) is 0 Å². The number of rotatable bonds is 2. The first-order valence-corrected chi connectivity index (χ1v) is 5.31. The first kappa shape index (κ1) is 10.6. The lowest BCUT2D eigenvalue weighted by Crippen LogP contribution is -1.88. The largest absolute Gasteiger partial charge is 0.342 e. The average Bonchev–Trinajstić information content (AvgIpc) is 2.94. The molecule has 0 spiro atoms. The van der Waals surface area contributed by atoms with Crippen molar-refractivity contribution in [2.45, 2.75) is 0 Å². The van der Waals surface area contributed by atoms with Gasteiger partial charge in [-0.1, -0.05) is 11.2 Å². The van der Waals surface area contributed by atoms with Gasteiger partial charge in [0, 0.05) is 12.4 Å². The van der Waals surface area contributed by atoms with Gasteiger partial charge in [-0.05, 0) is 35.4 Å². The molecule has 1 aromatic carbocycles. The quantitative estimate of drug-likeness (QED) is 0.692. The van der Waals surface area contributed by atoms with E-state index in [-0.39, 0.29) is 11.6 Å². The SMILES string of the molecule is Fc1ccc(-c2ccncc2)cc1-c1ncon1. The van der Waals surface area contributed by atoms with Crippen LogP contribution in [0.4, 0.5) is 4.39 Å². The number of pyridine rings is 1. The summed E-state index contributed by atoms with van der Waals surface area (Å²) < 4.78 is 18.3. The summed E-state index contributed by atoms with van der Waals surface area (Å²) in [7, 11) is 0. The lowest BCUT2D eigenvalue weighted by atomic mass is 10.0. The van der Waals surface area contributed by atoms with Crippen LogP contribution in [0, 0.1) is 5.82 Å². The van der Waals surface area contributed by atoms with Gasteiger partial charge < -0.3 is 4.52 Å². The van der Waals surface area contributed by atoms with Crippen molar-refractivity contribution in [3.8, 4) is 22.5 Å². The van der Waals surface area contributed by atoms with E-state index in [1.807, 2.05) is 12.1 Å². The minimum atomic E-state index is -0.380. The molecule has 0 aliphatic carbocycles. The molecule has 4 nitrogen and oxygen atoms in total. The molecular weight excluding hydrogens is 233 g/mol. The predicted octanol–water partition coefficient (Wildman–Crippen LogP) is 2.94. The van der Waals surface area contributed by atoms with Crippen LogP contribution >= 0.6 is 0 Å². The molecular formula is C13H8FN3O. The summed E-state index contributed by atoms with van der Waals surface area (Å²) in [6.07, 6.45) is 4.55. The average molecular weight is 241 g/mol. The molecule has 0 atom stereocenters. The van der Waals surface area contributed by atoms with Gasteiger partial charge in [0.05, 0.1) is 5.56 Å². The molecule has 0 N–H and O–H groups in total. The summed E-state index contributed by atoms with van der Waals surface area (Å²) >= 11 is 0. The van der Waals surface area contributed by atoms with E-state index in [2.05, 4.69) is 19.6 Å². The van der Waals surface area contributed by atoms with E-state index < -0.39 is 0 Å². The summed E-state index contributed by atoms with van der Waals surface area (Å²) in [5, 5.41) is 3.64. The summed E-state index contributed by atoms with van der Waals surface area (Å²) in [5.41, 5.74) is 2.14. The summed E-state index contributed by atoms with van der Waals surface area (Å²) in [6.45, 7) is 0. The van der Waals surface area contributed by atoms with Crippen LogP contribution < -0.4 is 0 Å². The van der Waals surface area contributed by atoms with E-state index in [9.17, 15) is 4.39 Å². The normalized spacial score (nSPS) is 10.5. The number of hydrogen-bond donors (Lipinski definition) is 0. The zero-order valence-corrected chi connectivity index (χ0v) is 9.25. The molecule has 5 heteroatoms. The third-order valence-electron chi connectivity index (χ3n) is 2.58. The van der Waals surface area contributed by atoms with Crippen molar-refractivity contribution in [1.29, 1.82) is 0 Å². The van der Waals surface area contributed by atoms with Gasteiger partial charge in [-0.15, -0.1) is 0 Å². The van der Waals surface area contributed by atoms with Gasteiger partial charge in [-0.25, -0.2) is 4.39 Å². The van der Waals surface area contributed by atoms with Crippen molar-refractivity contribution in [3.05, 3.63) is 54.9 Å². The smallest absolute Gasteiger partial charge is 0.214 e. The number of benzene rings is 1. The van der Waals surface area contributed by atoms with Crippen molar-refractivity contribution >= 4 is 0 Å². The van der Waals surface area contributed by atoms with E-state index in [1.54, 1.807) is 24.5 Å². The summed E-state index contributed by atoms with van der Waals surface area (Å²) in [6, 6.07) is 8.49. The monoisotopic (exact) mass is 241 g/mol. The highest BCUT2D eigenvalue weighted by molar-refractivity contribution is 5.70. The molecule has 0 radical (unpaired) electrons. The number of hydrogen-bond acceptors (Lipinski definition) is 4. The molecule has 0 aliphatic heterocycles. The maximum atomic E-state index is 13.7. The third-order valence-corrected chi connectivity index (χ3v) is 2.58. The van der Waals surface area contributed by atoms with Crippen LogP contribution in [0.15, 0.2) is 53.6 Å². The number of halogens is 1. The van der Waals surface area contributed by atoms with Gasteiger partial charge in [0.1, 0.15) is 5.82 Å². The van der Waals surface area contributed by atoms with Crippen molar-refractivity contribution in [2.24, 2.45) is 0 Å². The molecule has 0 fully saturated rings. The molecule has 88 valence electrons. The number of nitrogens with zero attached hydrogens (tertiary/aromatic N) is 3. The van der Waals surface area contributed by atoms with Gasteiger partial charge in [0.2, 0.25) is 12.2 Å². The molecule has 2 heterocycles. The first-order chi connectivity index (χ1) is 8.84. The Morgan fingerprint density at radius 2 is 1.83 bits per heavy atom. The summed E-state index contributed by atoms with van der Waals surface area (Å²) in [4.78, 5) is 7.80. The lowest BCUT2D eigenvalue weighted by molar-refractivity contribution is 0.418. The molecule has 0 aliphatic rings. The Kier molecular flexibility index (Phi) is 2.57. The van der Waals surface area contributed by atoms with Crippen molar-refractivity contribution in [2.75, 3.05) is 0 Å². The Morgan fingerprint density at radius 1 is 1.00 bits per heavy atom. The highest BCUT2D eigenvalue weighted by Crippen LogP contribution is 2.26. The Balaban J connectivity index is 2.12. The van der Waals surface area contributed by atoms with Gasteiger partial charge in [0.15, 0.2) is 0 Å². The number of aromatic nitrogens is 3. The molecule has 3 aromatic rings. The standard InChI is InChI=1S/C13H8FN3O/c14-12-2-1-10(9-3-5-15-6-4-9)7-11(12)13-16-8-18-17-13/h1-8H. The van der Waals surface area contributed by atoms with Gasteiger partial charge in [-0.2, -0.15) is 4.98 Å². The second-order valence-electron chi connectivity index (χ2n) is 3.69. The summed E-state index contributed by atoms with van der Waals surface area (Å²) in [5.74, 6) is -0.141. The molecule has 18 heavy (non-hydrogen) atoms. The minimum Gasteiger partial charge on any atom is -0.342 e. The van der Waals surface area contributed by atoms with Crippen LogP contribution in [-0.2, 0) is 0 Å². The fourth-order valence-electron chi connectivity index (χ4n) is 1.71. The molecule has 0 saturated heterocycles. The molecule has 0 saturated carbocycles. The van der Waals surface area contributed by atoms with Gasteiger partial charge in [-0.3, -0.25) is 4.98 Å². The van der Waals surface area contributed by atoms with E-state index >= 15 is 0 Å².